The Hall–Kier alpha value is -1.91. The summed E-state index contributed by atoms with van der Waals surface area (Å²) in [7, 11) is 0. The lowest BCUT2D eigenvalue weighted by Crippen LogP contribution is -2.07. The van der Waals surface area contributed by atoms with E-state index in [0.29, 0.717) is 6.61 Å². The molecular weight excluding hydrogens is 196 g/mol. The van der Waals surface area contributed by atoms with E-state index in [4.69, 9.17) is 16.2 Å². The minimum absolute atomic E-state index is 0.0680. The first-order valence-corrected chi connectivity index (χ1v) is 4.61. The highest BCUT2D eigenvalue weighted by Crippen LogP contribution is 2.28. The molecule has 5 N–H and O–H groups in total. The molecule has 5 heteroatoms. The SMILES string of the molecule is CCCOC(=O)c1cc(N)c(O)c(N)c1. The normalized spacial score (nSPS) is 9.93. The van der Waals surface area contributed by atoms with Crippen molar-refractivity contribution in [2.75, 3.05) is 18.1 Å². The molecule has 0 amide bonds. The van der Waals surface area contributed by atoms with Gasteiger partial charge in [0.2, 0.25) is 0 Å². The molecule has 5 nitrogen and oxygen atoms in total. The predicted octanol–water partition coefficient (Wildman–Crippen LogP) is 1.12. The molecule has 0 aliphatic carbocycles. The summed E-state index contributed by atoms with van der Waals surface area (Å²) in [5.74, 6) is -0.697. The molecule has 0 fully saturated rings. The van der Waals surface area contributed by atoms with Gasteiger partial charge in [0.05, 0.1) is 23.5 Å². The third kappa shape index (κ3) is 2.52. The molecule has 1 aromatic rings. The van der Waals surface area contributed by atoms with Crippen LogP contribution >= 0.6 is 0 Å². The number of phenolic OH excluding ortho intramolecular Hbond substituents is 1. The number of esters is 1. The molecule has 0 saturated heterocycles. The Kier molecular flexibility index (Phi) is 3.38. The Bertz CT molecular complexity index is 354. The van der Waals surface area contributed by atoms with Crippen LogP contribution in [0.25, 0.3) is 0 Å². The van der Waals surface area contributed by atoms with Gasteiger partial charge in [0, 0.05) is 0 Å². The van der Waals surface area contributed by atoms with Crippen molar-refractivity contribution < 1.29 is 14.6 Å². The van der Waals surface area contributed by atoms with Crippen molar-refractivity contribution in [1.29, 1.82) is 0 Å². The number of hydrogen-bond donors (Lipinski definition) is 3. The van der Waals surface area contributed by atoms with Gasteiger partial charge in [0.25, 0.3) is 0 Å². The van der Waals surface area contributed by atoms with Crippen LogP contribution in [0, 0.1) is 0 Å². The van der Waals surface area contributed by atoms with Gasteiger partial charge in [-0.05, 0) is 18.6 Å². The van der Waals surface area contributed by atoms with E-state index in [1.807, 2.05) is 6.92 Å². The van der Waals surface area contributed by atoms with Crippen LogP contribution in [0.4, 0.5) is 11.4 Å². The van der Waals surface area contributed by atoms with Gasteiger partial charge in [-0.15, -0.1) is 0 Å². The molecular formula is C10H14N2O3. The molecule has 0 saturated carbocycles. The second-order valence-corrected chi connectivity index (χ2v) is 3.14. The lowest BCUT2D eigenvalue weighted by atomic mass is 10.1. The van der Waals surface area contributed by atoms with Gasteiger partial charge < -0.3 is 21.3 Å². The van der Waals surface area contributed by atoms with Gasteiger partial charge >= 0.3 is 5.97 Å². The topological polar surface area (TPSA) is 98.6 Å². The quantitative estimate of drug-likeness (QED) is 0.394. The van der Waals surface area contributed by atoms with Crippen molar-refractivity contribution in [3.8, 4) is 5.75 Å². The fraction of sp³-hybridized carbons (Fsp3) is 0.300. The van der Waals surface area contributed by atoms with Crippen LogP contribution in [0.1, 0.15) is 23.7 Å². The van der Waals surface area contributed by atoms with Gasteiger partial charge in [-0.25, -0.2) is 4.79 Å². The molecule has 1 aromatic carbocycles. The Labute approximate surface area is 87.6 Å². The number of hydrogen-bond acceptors (Lipinski definition) is 5. The first-order valence-electron chi connectivity index (χ1n) is 4.61. The van der Waals surface area contributed by atoms with Crippen molar-refractivity contribution in [2.45, 2.75) is 13.3 Å². The van der Waals surface area contributed by atoms with Crippen LogP contribution in [0.15, 0.2) is 12.1 Å². The Morgan fingerprint density at radius 3 is 2.40 bits per heavy atom. The van der Waals surface area contributed by atoms with Crippen LogP contribution in [-0.2, 0) is 4.74 Å². The minimum atomic E-state index is -0.491. The van der Waals surface area contributed by atoms with E-state index < -0.39 is 5.97 Å². The molecule has 0 bridgehead atoms. The summed E-state index contributed by atoms with van der Waals surface area (Å²) in [6, 6.07) is 2.67. The van der Waals surface area contributed by atoms with Gasteiger partial charge in [-0.2, -0.15) is 0 Å². The van der Waals surface area contributed by atoms with Crippen molar-refractivity contribution in [2.24, 2.45) is 0 Å². The summed E-state index contributed by atoms with van der Waals surface area (Å²) in [5.41, 5.74) is 11.3. The maximum atomic E-state index is 11.4. The van der Waals surface area contributed by atoms with Crippen molar-refractivity contribution in [3.05, 3.63) is 17.7 Å². The Balaban J connectivity index is 2.91. The summed E-state index contributed by atoms with van der Waals surface area (Å²) in [5, 5.41) is 9.29. The third-order valence-corrected chi connectivity index (χ3v) is 1.84. The Morgan fingerprint density at radius 2 is 1.93 bits per heavy atom. The highest BCUT2D eigenvalue weighted by Gasteiger charge is 2.11. The average molecular weight is 210 g/mol. The molecule has 0 spiro atoms. The molecule has 15 heavy (non-hydrogen) atoms. The molecule has 0 unspecified atom stereocenters. The summed E-state index contributed by atoms with van der Waals surface area (Å²) in [6.45, 7) is 2.24. The van der Waals surface area contributed by atoms with E-state index >= 15 is 0 Å². The molecule has 0 heterocycles. The number of carbonyl (C=O) groups excluding carboxylic acids is 1. The molecule has 82 valence electrons. The first-order chi connectivity index (χ1) is 7.06. The number of rotatable bonds is 3. The smallest absolute Gasteiger partial charge is 0.338 e. The highest BCUT2D eigenvalue weighted by molar-refractivity contribution is 5.93. The summed E-state index contributed by atoms with van der Waals surface area (Å²) in [4.78, 5) is 11.4. The van der Waals surface area contributed by atoms with Crippen LogP contribution < -0.4 is 11.5 Å². The summed E-state index contributed by atoms with van der Waals surface area (Å²) < 4.78 is 4.90. The number of nitrogen functional groups attached to an aromatic ring is 2. The Morgan fingerprint density at radius 1 is 1.40 bits per heavy atom. The van der Waals surface area contributed by atoms with E-state index in [9.17, 15) is 9.90 Å². The third-order valence-electron chi connectivity index (χ3n) is 1.84. The van der Waals surface area contributed by atoms with Gasteiger partial charge in [0.1, 0.15) is 0 Å². The van der Waals surface area contributed by atoms with Crippen LogP contribution in [0.5, 0.6) is 5.75 Å². The lowest BCUT2D eigenvalue weighted by Gasteiger charge is -2.07. The van der Waals surface area contributed by atoms with E-state index in [0.717, 1.165) is 6.42 Å². The average Bonchev–Trinajstić information content (AvgIpc) is 2.21. The number of benzene rings is 1. The zero-order valence-corrected chi connectivity index (χ0v) is 8.49. The number of ether oxygens (including phenoxy) is 1. The number of phenols is 1. The number of carbonyl (C=O) groups is 1. The number of aromatic hydroxyl groups is 1. The van der Waals surface area contributed by atoms with Crippen LogP contribution in [0.2, 0.25) is 0 Å². The van der Waals surface area contributed by atoms with Gasteiger partial charge in [-0.3, -0.25) is 0 Å². The van der Waals surface area contributed by atoms with E-state index in [1.165, 1.54) is 12.1 Å². The second kappa shape index (κ2) is 4.54. The zero-order chi connectivity index (χ0) is 11.4. The van der Waals surface area contributed by atoms with E-state index in [1.54, 1.807) is 0 Å². The molecule has 0 atom stereocenters. The van der Waals surface area contributed by atoms with E-state index in [-0.39, 0.29) is 22.7 Å². The monoisotopic (exact) mass is 210 g/mol. The largest absolute Gasteiger partial charge is 0.504 e. The maximum absolute atomic E-state index is 11.4. The maximum Gasteiger partial charge on any atom is 0.338 e. The molecule has 1 rings (SSSR count). The summed E-state index contributed by atoms with van der Waals surface area (Å²) >= 11 is 0. The van der Waals surface area contributed by atoms with Gasteiger partial charge in [-0.1, -0.05) is 6.92 Å². The lowest BCUT2D eigenvalue weighted by molar-refractivity contribution is 0.0505. The zero-order valence-electron chi connectivity index (χ0n) is 8.49. The van der Waals surface area contributed by atoms with Crippen molar-refractivity contribution in [3.63, 3.8) is 0 Å². The molecule has 0 radical (unpaired) electrons. The van der Waals surface area contributed by atoms with Crippen molar-refractivity contribution >= 4 is 17.3 Å². The van der Waals surface area contributed by atoms with E-state index in [2.05, 4.69) is 0 Å². The van der Waals surface area contributed by atoms with Crippen LogP contribution in [-0.4, -0.2) is 17.7 Å². The first kappa shape index (κ1) is 11.2. The van der Waals surface area contributed by atoms with Crippen molar-refractivity contribution in [1.82, 2.24) is 0 Å². The molecule has 0 aromatic heterocycles. The molecule has 0 aliphatic rings. The number of anilines is 2. The second-order valence-electron chi connectivity index (χ2n) is 3.14. The standard InChI is InChI=1S/C10H14N2O3/c1-2-3-15-10(14)6-4-7(11)9(13)8(12)5-6/h4-5,13H,2-3,11-12H2,1H3. The fourth-order valence-corrected chi connectivity index (χ4v) is 1.08. The fourth-order valence-electron chi connectivity index (χ4n) is 1.08. The minimum Gasteiger partial charge on any atom is -0.504 e. The number of nitrogens with two attached hydrogens (primary N) is 2. The summed E-state index contributed by atoms with van der Waals surface area (Å²) in [6.07, 6.45) is 0.745. The van der Waals surface area contributed by atoms with Gasteiger partial charge in [0.15, 0.2) is 5.75 Å². The predicted molar refractivity (Wildman–Crippen MR) is 57.5 cm³/mol. The molecule has 0 aliphatic heterocycles. The highest BCUT2D eigenvalue weighted by atomic mass is 16.5. The van der Waals surface area contributed by atoms with Crippen LogP contribution in [0.3, 0.4) is 0 Å².